The molecule has 1 aliphatic rings. The minimum atomic E-state index is 0.676. The quantitative estimate of drug-likeness (QED) is 0.782. The Kier molecular flexibility index (Phi) is 3.12. The van der Waals surface area contributed by atoms with Gasteiger partial charge in [-0.2, -0.15) is 0 Å². The second-order valence-corrected chi connectivity index (χ2v) is 5.37. The van der Waals surface area contributed by atoms with Crippen LogP contribution < -0.4 is 5.73 Å². The van der Waals surface area contributed by atoms with E-state index in [1.807, 2.05) is 17.4 Å². The van der Waals surface area contributed by atoms with Gasteiger partial charge in [0.05, 0.1) is 0 Å². The van der Waals surface area contributed by atoms with Crippen LogP contribution in [0.4, 0.5) is 5.69 Å². The summed E-state index contributed by atoms with van der Waals surface area (Å²) in [5.41, 5.74) is 6.97. The largest absolute Gasteiger partial charge is 0.398 e. The summed E-state index contributed by atoms with van der Waals surface area (Å²) < 4.78 is 0. The zero-order valence-corrected chi connectivity index (χ0v) is 9.65. The molecule has 0 saturated heterocycles. The van der Waals surface area contributed by atoms with Crippen molar-refractivity contribution in [3.8, 4) is 0 Å². The fourth-order valence-corrected chi connectivity index (χ4v) is 3.52. The monoisotopic (exact) mass is 209 g/mol. The molecule has 0 aliphatic heterocycles. The molecule has 1 aromatic rings. The fraction of sp³-hybridized carbons (Fsp3) is 0.667. The zero-order valence-electron chi connectivity index (χ0n) is 8.83. The van der Waals surface area contributed by atoms with Gasteiger partial charge in [0.1, 0.15) is 0 Å². The van der Waals surface area contributed by atoms with Crippen LogP contribution in [-0.4, -0.2) is 0 Å². The van der Waals surface area contributed by atoms with Crippen molar-refractivity contribution < 1.29 is 0 Å². The molecule has 0 spiro atoms. The number of hydrogen-bond donors (Lipinski definition) is 1. The van der Waals surface area contributed by atoms with Gasteiger partial charge in [-0.15, -0.1) is 11.3 Å². The topological polar surface area (TPSA) is 26.0 Å². The van der Waals surface area contributed by atoms with Gasteiger partial charge in [0.15, 0.2) is 0 Å². The first-order valence-corrected chi connectivity index (χ1v) is 6.50. The molecular weight excluding hydrogens is 190 g/mol. The van der Waals surface area contributed by atoms with Crippen molar-refractivity contribution in [1.29, 1.82) is 0 Å². The van der Waals surface area contributed by atoms with Crippen molar-refractivity contribution in [2.45, 2.75) is 44.9 Å². The minimum absolute atomic E-state index is 0.676. The van der Waals surface area contributed by atoms with Gasteiger partial charge in [-0.05, 0) is 36.1 Å². The van der Waals surface area contributed by atoms with E-state index in [4.69, 9.17) is 5.73 Å². The summed E-state index contributed by atoms with van der Waals surface area (Å²) in [5, 5.41) is 2.12. The highest BCUT2D eigenvalue weighted by atomic mass is 32.1. The van der Waals surface area contributed by atoms with Crippen LogP contribution in [0.1, 0.15) is 49.8 Å². The van der Waals surface area contributed by atoms with Crippen molar-refractivity contribution in [3.05, 3.63) is 16.3 Å². The van der Waals surface area contributed by atoms with Gasteiger partial charge in [0.2, 0.25) is 0 Å². The van der Waals surface area contributed by atoms with Crippen LogP contribution >= 0.6 is 11.3 Å². The smallest absolute Gasteiger partial charge is 0.0458 e. The normalized spacial score (nSPS) is 20.9. The molecule has 2 N–H and O–H groups in total. The van der Waals surface area contributed by atoms with Crippen LogP contribution in [0.15, 0.2) is 11.4 Å². The van der Waals surface area contributed by atoms with E-state index in [9.17, 15) is 0 Å². The Bertz CT molecular complexity index is 286. The molecule has 0 unspecified atom stereocenters. The van der Waals surface area contributed by atoms with Crippen molar-refractivity contribution in [2.75, 3.05) is 5.73 Å². The van der Waals surface area contributed by atoms with Gasteiger partial charge in [-0.1, -0.05) is 26.2 Å². The van der Waals surface area contributed by atoms with E-state index in [0.717, 1.165) is 11.6 Å². The molecule has 1 atom stereocenters. The third-order valence-electron chi connectivity index (χ3n) is 3.50. The first-order valence-electron chi connectivity index (χ1n) is 5.62. The Balaban J connectivity index is 2.07. The number of nitrogen functional groups attached to an aromatic ring is 1. The SMILES string of the molecule is C[C@H](c1sccc1N)C1CCCCC1. The molecule has 1 fully saturated rings. The van der Waals surface area contributed by atoms with E-state index in [1.54, 1.807) is 0 Å². The zero-order chi connectivity index (χ0) is 9.97. The predicted molar refractivity (Wildman–Crippen MR) is 63.7 cm³/mol. The number of rotatable bonds is 2. The highest BCUT2D eigenvalue weighted by Crippen LogP contribution is 2.39. The molecule has 1 saturated carbocycles. The van der Waals surface area contributed by atoms with Crippen molar-refractivity contribution in [1.82, 2.24) is 0 Å². The molecule has 1 heterocycles. The van der Waals surface area contributed by atoms with Gasteiger partial charge in [0.25, 0.3) is 0 Å². The van der Waals surface area contributed by atoms with Crippen LogP contribution in [0, 0.1) is 5.92 Å². The minimum Gasteiger partial charge on any atom is -0.398 e. The molecule has 1 aromatic heterocycles. The van der Waals surface area contributed by atoms with E-state index in [1.165, 1.54) is 37.0 Å². The Morgan fingerprint density at radius 2 is 2.07 bits per heavy atom. The van der Waals surface area contributed by atoms with Crippen LogP contribution in [0.2, 0.25) is 0 Å². The average molecular weight is 209 g/mol. The van der Waals surface area contributed by atoms with E-state index in [0.29, 0.717) is 5.92 Å². The molecule has 0 aromatic carbocycles. The first-order chi connectivity index (χ1) is 6.79. The third kappa shape index (κ3) is 1.95. The average Bonchev–Trinajstić information content (AvgIpc) is 2.65. The Labute approximate surface area is 90.3 Å². The van der Waals surface area contributed by atoms with Crippen molar-refractivity contribution in [2.24, 2.45) is 5.92 Å². The molecule has 0 bridgehead atoms. The highest BCUT2D eigenvalue weighted by Gasteiger charge is 2.23. The lowest BCUT2D eigenvalue weighted by atomic mass is 9.80. The van der Waals surface area contributed by atoms with Crippen molar-refractivity contribution >= 4 is 17.0 Å². The Morgan fingerprint density at radius 3 is 2.64 bits per heavy atom. The molecule has 14 heavy (non-hydrogen) atoms. The summed E-state index contributed by atoms with van der Waals surface area (Å²) in [4.78, 5) is 1.41. The van der Waals surface area contributed by atoms with Crippen LogP contribution in [0.3, 0.4) is 0 Å². The van der Waals surface area contributed by atoms with Gasteiger partial charge < -0.3 is 5.73 Å². The van der Waals surface area contributed by atoms with Crippen LogP contribution in [0.25, 0.3) is 0 Å². The molecule has 1 nitrogen and oxygen atoms in total. The maximum Gasteiger partial charge on any atom is 0.0458 e. The summed E-state index contributed by atoms with van der Waals surface area (Å²) in [7, 11) is 0. The van der Waals surface area contributed by atoms with Gasteiger partial charge in [0, 0.05) is 10.6 Å². The molecular formula is C12H19NS. The second-order valence-electron chi connectivity index (χ2n) is 4.43. The highest BCUT2D eigenvalue weighted by molar-refractivity contribution is 7.10. The predicted octanol–water partition coefficient (Wildman–Crippen LogP) is 4.01. The number of thiophene rings is 1. The molecule has 78 valence electrons. The maximum absolute atomic E-state index is 5.96. The third-order valence-corrected chi connectivity index (χ3v) is 4.63. The Morgan fingerprint density at radius 1 is 1.36 bits per heavy atom. The van der Waals surface area contributed by atoms with E-state index >= 15 is 0 Å². The summed E-state index contributed by atoms with van der Waals surface area (Å²) in [6.07, 6.45) is 7.07. The van der Waals surface area contributed by atoms with E-state index in [2.05, 4.69) is 12.3 Å². The number of hydrogen-bond acceptors (Lipinski definition) is 2. The first kappa shape index (κ1) is 10.0. The summed E-state index contributed by atoms with van der Waals surface area (Å²) in [5.74, 6) is 1.56. The number of anilines is 1. The number of nitrogens with two attached hydrogens (primary N) is 1. The molecule has 2 heteroatoms. The molecule has 0 radical (unpaired) electrons. The van der Waals surface area contributed by atoms with Gasteiger partial charge in [-0.3, -0.25) is 0 Å². The van der Waals surface area contributed by atoms with E-state index < -0.39 is 0 Å². The van der Waals surface area contributed by atoms with Crippen LogP contribution in [0.5, 0.6) is 0 Å². The summed E-state index contributed by atoms with van der Waals surface area (Å²) in [6.45, 7) is 2.35. The fourth-order valence-electron chi connectivity index (χ4n) is 2.55. The summed E-state index contributed by atoms with van der Waals surface area (Å²) >= 11 is 1.83. The standard InChI is InChI=1S/C12H19NS/c1-9(10-5-3-2-4-6-10)12-11(13)7-8-14-12/h7-10H,2-6,13H2,1H3/t9-/m0/s1. The molecule has 1 aliphatic carbocycles. The van der Waals surface area contributed by atoms with E-state index in [-0.39, 0.29) is 0 Å². The maximum atomic E-state index is 5.96. The summed E-state index contributed by atoms with van der Waals surface area (Å²) in [6, 6.07) is 2.04. The van der Waals surface area contributed by atoms with Crippen molar-refractivity contribution in [3.63, 3.8) is 0 Å². The lowest BCUT2D eigenvalue weighted by Crippen LogP contribution is -2.13. The second kappa shape index (κ2) is 4.35. The molecule has 2 rings (SSSR count). The lowest BCUT2D eigenvalue weighted by Gasteiger charge is -2.27. The van der Waals surface area contributed by atoms with Crippen LogP contribution in [-0.2, 0) is 0 Å². The molecule has 0 amide bonds. The van der Waals surface area contributed by atoms with Gasteiger partial charge in [-0.25, -0.2) is 0 Å². The lowest BCUT2D eigenvalue weighted by molar-refractivity contribution is 0.319. The van der Waals surface area contributed by atoms with Gasteiger partial charge >= 0.3 is 0 Å². The Hall–Kier alpha value is -0.500.